The highest BCUT2D eigenvalue weighted by Crippen LogP contribution is 2.26. The number of ether oxygens (including phenoxy) is 1. The molecular weight excluding hydrogens is 324 g/mol. The van der Waals surface area contributed by atoms with Crippen LogP contribution in [-0.2, 0) is 0 Å². The van der Waals surface area contributed by atoms with Gasteiger partial charge in [0.05, 0.1) is 18.7 Å². The van der Waals surface area contributed by atoms with E-state index < -0.39 is 0 Å². The molecule has 138 valence electrons. The first kappa shape index (κ1) is 18.5. The number of rotatable bonds is 6. The van der Waals surface area contributed by atoms with Crippen molar-refractivity contribution in [2.45, 2.75) is 25.8 Å². The van der Waals surface area contributed by atoms with E-state index in [0.717, 1.165) is 19.0 Å². The zero-order chi connectivity index (χ0) is 18.4. The summed E-state index contributed by atoms with van der Waals surface area (Å²) in [7, 11) is 1.59. The van der Waals surface area contributed by atoms with E-state index in [1.165, 1.54) is 18.4 Å². The lowest BCUT2D eigenvalue weighted by Gasteiger charge is -2.37. The number of para-hydroxylation sites is 1. The standard InChI is InChI=1S/C22H28N2O2/c1-17-12-14-24(15-13-17)20(18-8-4-3-5-9-18)16-23-22(25)19-10-6-7-11-21(19)26-2/h3-11,17,20H,12-16H2,1-2H3,(H,23,25). The number of benzene rings is 2. The van der Waals surface area contributed by atoms with Crippen molar-refractivity contribution in [3.05, 3.63) is 65.7 Å². The Morgan fingerprint density at radius 3 is 2.46 bits per heavy atom. The number of hydrogen-bond acceptors (Lipinski definition) is 3. The van der Waals surface area contributed by atoms with Crippen molar-refractivity contribution in [3.8, 4) is 5.75 Å². The molecule has 3 rings (SSSR count). The molecule has 1 atom stereocenters. The number of nitrogens with zero attached hydrogens (tertiary/aromatic N) is 1. The van der Waals surface area contributed by atoms with Crippen LogP contribution in [0.2, 0.25) is 0 Å². The second-order valence-electron chi connectivity index (χ2n) is 7.06. The molecule has 1 amide bonds. The van der Waals surface area contributed by atoms with Crippen molar-refractivity contribution in [1.82, 2.24) is 10.2 Å². The Morgan fingerprint density at radius 1 is 1.12 bits per heavy atom. The number of likely N-dealkylation sites (tertiary alicyclic amines) is 1. The van der Waals surface area contributed by atoms with Crippen molar-refractivity contribution < 1.29 is 9.53 Å². The maximum Gasteiger partial charge on any atom is 0.255 e. The van der Waals surface area contributed by atoms with Gasteiger partial charge in [-0.1, -0.05) is 49.4 Å². The van der Waals surface area contributed by atoms with Gasteiger partial charge in [0.15, 0.2) is 0 Å². The van der Waals surface area contributed by atoms with E-state index in [2.05, 4.69) is 41.4 Å². The molecule has 0 aliphatic carbocycles. The van der Waals surface area contributed by atoms with Crippen molar-refractivity contribution in [2.24, 2.45) is 5.92 Å². The van der Waals surface area contributed by atoms with Gasteiger partial charge >= 0.3 is 0 Å². The van der Waals surface area contributed by atoms with E-state index in [-0.39, 0.29) is 11.9 Å². The molecule has 0 aromatic heterocycles. The van der Waals surface area contributed by atoms with Crippen molar-refractivity contribution in [2.75, 3.05) is 26.7 Å². The summed E-state index contributed by atoms with van der Waals surface area (Å²) in [4.78, 5) is 15.2. The second-order valence-corrected chi connectivity index (χ2v) is 7.06. The molecule has 1 heterocycles. The minimum Gasteiger partial charge on any atom is -0.496 e. The van der Waals surface area contributed by atoms with Crippen LogP contribution in [0.25, 0.3) is 0 Å². The molecule has 1 aliphatic rings. The number of methoxy groups -OCH3 is 1. The van der Waals surface area contributed by atoms with Crippen LogP contribution in [0.4, 0.5) is 0 Å². The summed E-state index contributed by atoms with van der Waals surface area (Å²) < 4.78 is 5.31. The van der Waals surface area contributed by atoms with Crippen molar-refractivity contribution in [1.29, 1.82) is 0 Å². The van der Waals surface area contributed by atoms with E-state index in [1.54, 1.807) is 13.2 Å². The number of hydrogen-bond donors (Lipinski definition) is 1. The molecule has 1 fully saturated rings. The minimum absolute atomic E-state index is 0.0891. The maximum absolute atomic E-state index is 12.7. The average molecular weight is 352 g/mol. The van der Waals surface area contributed by atoms with Gasteiger partial charge in [0.25, 0.3) is 5.91 Å². The van der Waals surface area contributed by atoms with E-state index in [9.17, 15) is 4.79 Å². The first-order chi connectivity index (χ1) is 12.7. The smallest absolute Gasteiger partial charge is 0.255 e. The lowest BCUT2D eigenvalue weighted by Crippen LogP contribution is -2.42. The van der Waals surface area contributed by atoms with E-state index in [1.807, 2.05) is 24.3 Å². The number of carbonyl (C=O) groups excluding carboxylic acids is 1. The summed E-state index contributed by atoms with van der Waals surface area (Å²) in [6.07, 6.45) is 2.42. The largest absolute Gasteiger partial charge is 0.496 e. The maximum atomic E-state index is 12.7. The Balaban J connectivity index is 1.72. The van der Waals surface area contributed by atoms with E-state index in [0.29, 0.717) is 17.9 Å². The Hall–Kier alpha value is -2.33. The Kier molecular flexibility index (Phi) is 6.29. The van der Waals surface area contributed by atoms with Gasteiger partial charge in [-0.3, -0.25) is 9.69 Å². The molecule has 0 bridgehead atoms. The lowest BCUT2D eigenvalue weighted by atomic mass is 9.95. The third-order valence-electron chi connectivity index (χ3n) is 5.25. The third kappa shape index (κ3) is 4.44. The molecule has 0 saturated carbocycles. The number of amides is 1. The van der Waals surface area contributed by atoms with Crippen LogP contribution < -0.4 is 10.1 Å². The third-order valence-corrected chi connectivity index (χ3v) is 5.25. The Morgan fingerprint density at radius 2 is 1.77 bits per heavy atom. The van der Waals surface area contributed by atoms with Gasteiger partial charge in [-0.15, -0.1) is 0 Å². The zero-order valence-corrected chi connectivity index (χ0v) is 15.7. The summed E-state index contributed by atoms with van der Waals surface area (Å²) in [5, 5.41) is 3.12. The first-order valence-corrected chi connectivity index (χ1v) is 9.39. The summed E-state index contributed by atoms with van der Waals surface area (Å²) in [6, 6.07) is 18.0. The summed E-state index contributed by atoms with van der Waals surface area (Å²) in [5.41, 5.74) is 1.83. The van der Waals surface area contributed by atoms with Gasteiger partial charge in [0.1, 0.15) is 5.75 Å². The molecule has 4 heteroatoms. The van der Waals surface area contributed by atoms with Gasteiger partial charge in [-0.2, -0.15) is 0 Å². The topological polar surface area (TPSA) is 41.6 Å². The fourth-order valence-electron chi connectivity index (χ4n) is 3.59. The summed E-state index contributed by atoms with van der Waals surface area (Å²) >= 11 is 0. The average Bonchev–Trinajstić information content (AvgIpc) is 2.70. The summed E-state index contributed by atoms with van der Waals surface area (Å²) in [5.74, 6) is 1.30. The first-order valence-electron chi connectivity index (χ1n) is 9.39. The number of piperidine rings is 1. The normalized spacial score (nSPS) is 16.8. The predicted octanol–water partition coefficient (Wildman–Crippen LogP) is 3.90. The highest BCUT2D eigenvalue weighted by atomic mass is 16.5. The van der Waals surface area contributed by atoms with Gasteiger partial charge in [0.2, 0.25) is 0 Å². The van der Waals surface area contributed by atoms with Crippen LogP contribution in [0.1, 0.15) is 41.7 Å². The fraction of sp³-hybridized carbons (Fsp3) is 0.409. The van der Waals surface area contributed by atoms with Gasteiger partial charge < -0.3 is 10.1 Å². The molecule has 4 nitrogen and oxygen atoms in total. The molecule has 2 aromatic carbocycles. The van der Waals surface area contributed by atoms with Crippen molar-refractivity contribution >= 4 is 5.91 Å². The van der Waals surface area contributed by atoms with Gasteiger partial charge in [-0.05, 0) is 49.5 Å². The van der Waals surface area contributed by atoms with Crippen LogP contribution in [-0.4, -0.2) is 37.6 Å². The molecule has 2 aromatic rings. The van der Waals surface area contributed by atoms with Gasteiger partial charge in [-0.25, -0.2) is 0 Å². The highest BCUT2D eigenvalue weighted by molar-refractivity contribution is 5.96. The number of nitrogens with one attached hydrogen (secondary N) is 1. The van der Waals surface area contributed by atoms with Crippen LogP contribution >= 0.6 is 0 Å². The molecule has 1 aliphatic heterocycles. The Labute approximate surface area is 156 Å². The molecular formula is C22H28N2O2. The lowest BCUT2D eigenvalue weighted by molar-refractivity contribution is 0.0910. The van der Waals surface area contributed by atoms with Crippen LogP contribution in [0.15, 0.2) is 54.6 Å². The number of carbonyl (C=O) groups is 1. The molecule has 0 spiro atoms. The highest BCUT2D eigenvalue weighted by Gasteiger charge is 2.25. The second kappa shape index (κ2) is 8.86. The SMILES string of the molecule is COc1ccccc1C(=O)NCC(c1ccccc1)N1CCC(C)CC1. The Bertz CT molecular complexity index is 709. The van der Waals surface area contributed by atoms with Crippen LogP contribution in [0, 0.1) is 5.92 Å². The van der Waals surface area contributed by atoms with Crippen LogP contribution in [0.5, 0.6) is 5.75 Å². The quantitative estimate of drug-likeness (QED) is 0.857. The zero-order valence-electron chi connectivity index (χ0n) is 15.7. The molecule has 1 saturated heterocycles. The molecule has 1 unspecified atom stereocenters. The van der Waals surface area contributed by atoms with Crippen molar-refractivity contribution in [3.63, 3.8) is 0 Å². The van der Waals surface area contributed by atoms with E-state index >= 15 is 0 Å². The fourth-order valence-corrected chi connectivity index (χ4v) is 3.59. The van der Waals surface area contributed by atoms with Crippen LogP contribution in [0.3, 0.4) is 0 Å². The predicted molar refractivity (Wildman–Crippen MR) is 104 cm³/mol. The molecule has 1 N–H and O–H groups in total. The van der Waals surface area contributed by atoms with E-state index in [4.69, 9.17) is 4.74 Å². The molecule has 26 heavy (non-hydrogen) atoms. The minimum atomic E-state index is -0.0891. The monoisotopic (exact) mass is 352 g/mol. The van der Waals surface area contributed by atoms with Gasteiger partial charge in [0, 0.05) is 6.54 Å². The molecule has 0 radical (unpaired) electrons. The summed E-state index contributed by atoms with van der Waals surface area (Å²) in [6.45, 7) is 5.06.